The highest BCUT2D eigenvalue weighted by Crippen LogP contribution is 2.21. The van der Waals surface area contributed by atoms with Crippen LogP contribution in [0, 0.1) is 0 Å². The Kier molecular flexibility index (Phi) is 4.66. The van der Waals surface area contributed by atoms with Crippen molar-refractivity contribution in [1.29, 1.82) is 0 Å². The summed E-state index contributed by atoms with van der Waals surface area (Å²) in [4.78, 5) is 37.3. The van der Waals surface area contributed by atoms with E-state index in [1.807, 2.05) is 0 Å². The van der Waals surface area contributed by atoms with Crippen LogP contribution in [-0.4, -0.2) is 75.7 Å². The van der Waals surface area contributed by atoms with Crippen LogP contribution in [0.4, 0.5) is 4.79 Å². The molecule has 0 aliphatic carbocycles. The first-order chi connectivity index (χ1) is 9.88. The third kappa shape index (κ3) is 3.63. The van der Waals surface area contributed by atoms with Gasteiger partial charge in [0.15, 0.2) is 0 Å². The van der Waals surface area contributed by atoms with Crippen molar-refractivity contribution in [2.24, 2.45) is 0 Å². The maximum Gasteiger partial charge on any atom is 0.326 e. The quantitative estimate of drug-likeness (QED) is 0.620. The number of urea groups is 1. The number of carboxylic acids is 1. The van der Waals surface area contributed by atoms with Gasteiger partial charge in [0.1, 0.15) is 6.04 Å². The molecule has 0 saturated carbocycles. The van der Waals surface area contributed by atoms with E-state index >= 15 is 0 Å². The minimum absolute atomic E-state index is 0.0570. The lowest BCUT2D eigenvalue weighted by Crippen LogP contribution is -2.52. The Balaban J connectivity index is 1.92. The Hall–Kier alpha value is -1.83. The summed E-state index contributed by atoms with van der Waals surface area (Å²) >= 11 is 0. The van der Waals surface area contributed by atoms with Crippen LogP contribution in [0.5, 0.6) is 0 Å². The van der Waals surface area contributed by atoms with Gasteiger partial charge in [-0.1, -0.05) is 0 Å². The molecule has 2 heterocycles. The molecule has 2 aliphatic rings. The number of likely N-dealkylation sites (tertiary alicyclic amines) is 2. The molecule has 8 nitrogen and oxygen atoms in total. The summed E-state index contributed by atoms with van der Waals surface area (Å²) in [5.74, 6) is -1.18. The van der Waals surface area contributed by atoms with Gasteiger partial charge >= 0.3 is 12.0 Å². The van der Waals surface area contributed by atoms with Gasteiger partial charge in [-0.2, -0.15) is 0 Å². The predicted octanol–water partition coefficient (Wildman–Crippen LogP) is -0.773. The highest BCUT2D eigenvalue weighted by atomic mass is 16.4. The fourth-order valence-electron chi connectivity index (χ4n) is 2.94. The molecule has 21 heavy (non-hydrogen) atoms. The van der Waals surface area contributed by atoms with E-state index in [1.165, 1.54) is 11.8 Å². The van der Waals surface area contributed by atoms with E-state index in [-0.39, 0.29) is 30.9 Å². The monoisotopic (exact) mass is 299 g/mol. The molecule has 0 radical (unpaired) electrons. The largest absolute Gasteiger partial charge is 0.480 e. The molecule has 8 heteroatoms. The van der Waals surface area contributed by atoms with E-state index in [2.05, 4.69) is 5.32 Å². The number of carboxylic acid groups (broad SMARTS) is 1. The predicted molar refractivity (Wildman–Crippen MR) is 72.6 cm³/mol. The van der Waals surface area contributed by atoms with E-state index in [0.29, 0.717) is 25.9 Å². The van der Waals surface area contributed by atoms with Gasteiger partial charge < -0.3 is 25.3 Å². The summed E-state index contributed by atoms with van der Waals surface area (Å²) in [5.41, 5.74) is 0. The topological polar surface area (TPSA) is 110 Å². The molecule has 2 rings (SSSR count). The van der Waals surface area contributed by atoms with Crippen LogP contribution in [0.1, 0.15) is 26.2 Å². The third-order valence-corrected chi connectivity index (χ3v) is 3.98. The number of hydrogen-bond acceptors (Lipinski definition) is 4. The first kappa shape index (κ1) is 15.6. The number of β-amino-alcohol motifs (C(OH)–C–C–N with tert-alkyl or cyclic N) is 1. The lowest BCUT2D eigenvalue weighted by Gasteiger charge is -2.35. The molecular weight excluding hydrogens is 278 g/mol. The number of carbonyl (C=O) groups is 3. The summed E-state index contributed by atoms with van der Waals surface area (Å²) < 4.78 is 0. The van der Waals surface area contributed by atoms with Crippen molar-refractivity contribution < 1.29 is 24.6 Å². The zero-order valence-electron chi connectivity index (χ0n) is 12.0. The second kappa shape index (κ2) is 6.30. The van der Waals surface area contributed by atoms with Crippen LogP contribution in [0.15, 0.2) is 0 Å². The molecule has 118 valence electrons. The Labute approximate surface area is 122 Å². The number of nitrogens with zero attached hydrogens (tertiary/aromatic N) is 2. The number of carbonyl (C=O) groups excluding carboxylic acids is 2. The number of hydrogen-bond donors (Lipinski definition) is 3. The van der Waals surface area contributed by atoms with Gasteiger partial charge in [0.25, 0.3) is 0 Å². The molecule has 2 saturated heterocycles. The van der Waals surface area contributed by atoms with E-state index in [9.17, 15) is 19.5 Å². The molecule has 2 unspecified atom stereocenters. The van der Waals surface area contributed by atoms with Crippen molar-refractivity contribution in [3.63, 3.8) is 0 Å². The number of rotatable bonds is 2. The average Bonchev–Trinajstić information content (AvgIpc) is 2.80. The van der Waals surface area contributed by atoms with Crippen LogP contribution in [-0.2, 0) is 9.59 Å². The van der Waals surface area contributed by atoms with Crippen molar-refractivity contribution in [3.8, 4) is 0 Å². The van der Waals surface area contributed by atoms with Crippen molar-refractivity contribution in [3.05, 3.63) is 0 Å². The first-order valence-electron chi connectivity index (χ1n) is 7.12. The number of aliphatic carboxylic acids is 1. The van der Waals surface area contributed by atoms with E-state index in [1.54, 1.807) is 4.90 Å². The molecular formula is C13H21N3O5. The average molecular weight is 299 g/mol. The molecule has 3 N–H and O–H groups in total. The van der Waals surface area contributed by atoms with Gasteiger partial charge in [0.05, 0.1) is 6.10 Å². The lowest BCUT2D eigenvalue weighted by molar-refractivity contribution is -0.141. The second-order valence-corrected chi connectivity index (χ2v) is 5.64. The van der Waals surface area contributed by atoms with Gasteiger partial charge in [0.2, 0.25) is 5.91 Å². The Morgan fingerprint density at radius 1 is 1.19 bits per heavy atom. The highest BCUT2D eigenvalue weighted by Gasteiger charge is 2.41. The number of aliphatic hydroxyl groups is 1. The molecule has 0 aromatic rings. The van der Waals surface area contributed by atoms with Crippen LogP contribution in [0.25, 0.3) is 0 Å². The molecule has 2 fully saturated rings. The van der Waals surface area contributed by atoms with Crippen LogP contribution in [0.3, 0.4) is 0 Å². The number of aliphatic hydroxyl groups excluding tert-OH is 1. The smallest absolute Gasteiger partial charge is 0.326 e. The van der Waals surface area contributed by atoms with Gasteiger partial charge in [-0.25, -0.2) is 9.59 Å². The molecule has 2 aliphatic heterocycles. The Bertz CT molecular complexity index is 434. The normalized spacial score (nSPS) is 26.8. The maximum absolute atomic E-state index is 12.4. The van der Waals surface area contributed by atoms with Crippen molar-refractivity contribution in [2.45, 2.75) is 44.4 Å². The van der Waals surface area contributed by atoms with E-state index in [0.717, 1.165) is 0 Å². The fraction of sp³-hybridized carbons (Fsp3) is 0.769. The van der Waals surface area contributed by atoms with Crippen LogP contribution >= 0.6 is 0 Å². The zero-order valence-corrected chi connectivity index (χ0v) is 12.0. The summed E-state index contributed by atoms with van der Waals surface area (Å²) in [6.45, 7) is 2.47. The molecule has 3 amide bonds. The highest BCUT2D eigenvalue weighted by molar-refractivity contribution is 5.83. The summed E-state index contributed by atoms with van der Waals surface area (Å²) in [7, 11) is 0. The first-order valence-corrected chi connectivity index (χ1v) is 7.12. The molecule has 0 spiro atoms. The van der Waals surface area contributed by atoms with Crippen LogP contribution in [0.2, 0.25) is 0 Å². The SMILES string of the molecule is CC(=O)NC1CCN(C(=O)N2CC(O)CC2C(=O)O)CC1. The Morgan fingerprint density at radius 2 is 1.81 bits per heavy atom. The lowest BCUT2D eigenvalue weighted by atomic mass is 10.1. The van der Waals surface area contributed by atoms with Crippen molar-refractivity contribution in [2.75, 3.05) is 19.6 Å². The minimum Gasteiger partial charge on any atom is -0.480 e. The number of piperidine rings is 1. The Morgan fingerprint density at radius 3 is 2.33 bits per heavy atom. The standard InChI is InChI=1S/C13H21N3O5/c1-8(17)14-9-2-4-15(5-3-9)13(21)16-7-10(18)6-11(16)12(19)20/h9-11,18H,2-7H2,1H3,(H,14,17)(H,19,20). The number of amides is 3. The van der Waals surface area contributed by atoms with Crippen molar-refractivity contribution >= 4 is 17.9 Å². The van der Waals surface area contributed by atoms with Gasteiger partial charge in [-0.3, -0.25) is 4.79 Å². The molecule has 0 aromatic heterocycles. The zero-order chi connectivity index (χ0) is 15.6. The molecule has 0 aromatic carbocycles. The molecule has 0 bridgehead atoms. The third-order valence-electron chi connectivity index (χ3n) is 3.98. The minimum atomic E-state index is -1.09. The van der Waals surface area contributed by atoms with E-state index < -0.39 is 18.1 Å². The number of nitrogens with one attached hydrogen (secondary N) is 1. The maximum atomic E-state index is 12.4. The summed E-state index contributed by atoms with van der Waals surface area (Å²) in [6.07, 6.45) is 0.592. The van der Waals surface area contributed by atoms with Crippen LogP contribution < -0.4 is 5.32 Å². The van der Waals surface area contributed by atoms with Crippen molar-refractivity contribution in [1.82, 2.24) is 15.1 Å². The van der Waals surface area contributed by atoms with Gasteiger partial charge in [0, 0.05) is 39.0 Å². The van der Waals surface area contributed by atoms with Gasteiger partial charge in [-0.05, 0) is 12.8 Å². The molecule has 2 atom stereocenters. The van der Waals surface area contributed by atoms with Gasteiger partial charge in [-0.15, -0.1) is 0 Å². The fourth-order valence-corrected chi connectivity index (χ4v) is 2.94. The second-order valence-electron chi connectivity index (χ2n) is 5.64. The van der Waals surface area contributed by atoms with E-state index in [4.69, 9.17) is 5.11 Å². The summed E-state index contributed by atoms with van der Waals surface area (Å²) in [5, 5.41) is 21.5. The summed E-state index contributed by atoms with van der Waals surface area (Å²) in [6, 6.07) is -1.24.